The van der Waals surface area contributed by atoms with Gasteiger partial charge in [0.05, 0.1) is 12.7 Å². The first kappa shape index (κ1) is 13.0. The van der Waals surface area contributed by atoms with E-state index in [4.69, 9.17) is 5.73 Å². The van der Waals surface area contributed by atoms with E-state index in [1.807, 2.05) is 0 Å². The molecule has 1 aromatic heterocycles. The van der Waals surface area contributed by atoms with Crippen molar-refractivity contribution in [2.24, 2.45) is 11.1 Å². The lowest BCUT2D eigenvalue weighted by atomic mass is 9.87. The Morgan fingerprint density at radius 2 is 2.44 bits per heavy atom. The third-order valence-electron chi connectivity index (χ3n) is 3.69. The van der Waals surface area contributed by atoms with Crippen molar-refractivity contribution in [3.63, 3.8) is 0 Å². The van der Waals surface area contributed by atoms with Crippen molar-refractivity contribution in [3.8, 4) is 0 Å². The van der Waals surface area contributed by atoms with Crippen LogP contribution in [0.2, 0.25) is 0 Å². The first-order valence-corrected chi connectivity index (χ1v) is 6.44. The van der Waals surface area contributed by atoms with Crippen molar-refractivity contribution >= 4 is 5.91 Å². The monoisotopic (exact) mass is 251 g/mol. The van der Waals surface area contributed by atoms with Crippen molar-refractivity contribution < 1.29 is 4.79 Å². The van der Waals surface area contributed by atoms with Crippen molar-refractivity contribution in [1.82, 2.24) is 20.3 Å². The average Bonchev–Trinajstić information content (AvgIpc) is 2.87. The second-order valence-electron chi connectivity index (χ2n) is 5.56. The third kappa shape index (κ3) is 2.69. The van der Waals surface area contributed by atoms with Crippen molar-refractivity contribution in [2.75, 3.05) is 6.54 Å². The lowest BCUT2D eigenvalue weighted by Gasteiger charge is -2.27. The highest BCUT2D eigenvalue weighted by Crippen LogP contribution is 2.37. The minimum absolute atomic E-state index is 0.141. The van der Waals surface area contributed by atoms with Gasteiger partial charge in [0.2, 0.25) is 0 Å². The number of amides is 1. The molecule has 0 radical (unpaired) electrons. The van der Waals surface area contributed by atoms with Gasteiger partial charge in [-0.25, -0.2) is 0 Å². The van der Waals surface area contributed by atoms with Gasteiger partial charge in [0, 0.05) is 12.6 Å². The summed E-state index contributed by atoms with van der Waals surface area (Å²) in [5.41, 5.74) is 5.96. The molecule has 1 heterocycles. The highest BCUT2D eigenvalue weighted by atomic mass is 16.2. The molecule has 1 amide bonds. The van der Waals surface area contributed by atoms with Crippen LogP contribution >= 0.6 is 0 Å². The van der Waals surface area contributed by atoms with Crippen LogP contribution in [-0.4, -0.2) is 33.5 Å². The van der Waals surface area contributed by atoms with E-state index in [-0.39, 0.29) is 17.4 Å². The van der Waals surface area contributed by atoms with E-state index in [1.165, 1.54) is 0 Å². The molecule has 1 fully saturated rings. The highest BCUT2D eigenvalue weighted by molar-refractivity contribution is 5.92. The molecule has 6 heteroatoms. The van der Waals surface area contributed by atoms with E-state index < -0.39 is 0 Å². The van der Waals surface area contributed by atoms with E-state index in [1.54, 1.807) is 10.9 Å². The van der Waals surface area contributed by atoms with Crippen LogP contribution in [0.1, 0.15) is 43.6 Å². The molecular formula is C12H21N5O. The third-order valence-corrected chi connectivity index (χ3v) is 3.69. The topological polar surface area (TPSA) is 85.8 Å². The number of hydrogen-bond acceptors (Lipinski definition) is 4. The molecule has 0 aromatic carbocycles. The summed E-state index contributed by atoms with van der Waals surface area (Å²) in [7, 11) is 0. The second-order valence-corrected chi connectivity index (χ2v) is 5.56. The van der Waals surface area contributed by atoms with E-state index in [0.717, 1.165) is 19.3 Å². The number of aromatic nitrogens is 3. The fourth-order valence-electron chi connectivity index (χ4n) is 2.47. The molecular weight excluding hydrogens is 230 g/mol. The minimum Gasteiger partial charge on any atom is -0.347 e. The Bertz CT molecular complexity index is 426. The second kappa shape index (κ2) is 5.06. The number of carbonyl (C=O) groups is 1. The van der Waals surface area contributed by atoms with Crippen LogP contribution < -0.4 is 11.1 Å². The molecule has 100 valence electrons. The lowest BCUT2D eigenvalue weighted by molar-refractivity contribution is 0.0905. The lowest BCUT2D eigenvalue weighted by Crippen LogP contribution is -2.41. The molecule has 18 heavy (non-hydrogen) atoms. The predicted molar refractivity (Wildman–Crippen MR) is 68.0 cm³/mol. The Labute approximate surface area is 107 Å². The van der Waals surface area contributed by atoms with Gasteiger partial charge in [-0.05, 0) is 18.3 Å². The Hall–Kier alpha value is -1.43. The Morgan fingerprint density at radius 1 is 1.67 bits per heavy atom. The number of nitrogens with one attached hydrogen (secondary N) is 1. The van der Waals surface area contributed by atoms with Crippen LogP contribution in [0.4, 0.5) is 0 Å². The molecule has 1 aliphatic rings. The van der Waals surface area contributed by atoms with E-state index >= 15 is 0 Å². The molecule has 0 spiro atoms. The van der Waals surface area contributed by atoms with Crippen molar-refractivity contribution in [1.29, 1.82) is 0 Å². The number of nitrogens with zero attached hydrogens (tertiary/aromatic N) is 3. The molecule has 6 nitrogen and oxygen atoms in total. The molecule has 0 bridgehead atoms. The smallest absolute Gasteiger partial charge is 0.273 e. The normalized spacial score (nSPS) is 22.1. The van der Waals surface area contributed by atoms with E-state index in [2.05, 4.69) is 29.5 Å². The first-order chi connectivity index (χ1) is 8.53. The molecule has 1 saturated carbocycles. The zero-order valence-electron chi connectivity index (χ0n) is 11.0. The van der Waals surface area contributed by atoms with Crippen LogP contribution in [0.15, 0.2) is 6.20 Å². The van der Waals surface area contributed by atoms with E-state index in [0.29, 0.717) is 18.8 Å². The summed E-state index contributed by atoms with van der Waals surface area (Å²) >= 11 is 0. The fraction of sp³-hybridized carbons (Fsp3) is 0.750. The summed E-state index contributed by atoms with van der Waals surface area (Å²) < 4.78 is 1.59. The molecule has 1 aliphatic carbocycles. The van der Waals surface area contributed by atoms with Crippen LogP contribution in [0.25, 0.3) is 0 Å². The summed E-state index contributed by atoms with van der Waals surface area (Å²) in [6, 6.07) is 0.227. The molecule has 1 unspecified atom stereocenters. The fourth-order valence-corrected chi connectivity index (χ4v) is 2.47. The van der Waals surface area contributed by atoms with Crippen molar-refractivity contribution in [2.45, 2.75) is 45.7 Å². The van der Waals surface area contributed by atoms with Crippen LogP contribution in [0.5, 0.6) is 0 Å². The molecule has 0 saturated heterocycles. The Balaban J connectivity index is 1.98. The largest absolute Gasteiger partial charge is 0.347 e. The summed E-state index contributed by atoms with van der Waals surface area (Å²) in [6.07, 6.45) is 5.00. The SMILES string of the molecule is CC1(C)CCCC1NC(=O)c1cn(CCN)nn1. The number of nitrogens with two attached hydrogens (primary N) is 1. The van der Waals surface area contributed by atoms with Gasteiger partial charge in [-0.1, -0.05) is 25.5 Å². The minimum atomic E-state index is -0.141. The molecule has 1 atom stereocenters. The van der Waals surface area contributed by atoms with Gasteiger partial charge in [-0.15, -0.1) is 5.10 Å². The standard InChI is InChI=1S/C12H21N5O/c1-12(2)5-3-4-10(12)14-11(18)9-8-17(7-6-13)16-15-9/h8,10H,3-7,13H2,1-2H3,(H,14,18). The van der Waals surface area contributed by atoms with Crippen LogP contribution in [0, 0.1) is 5.41 Å². The molecule has 0 aliphatic heterocycles. The zero-order valence-corrected chi connectivity index (χ0v) is 11.0. The maximum absolute atomic E-state index is 12.0. The van der Waals surface area contributed by atoms with E-state index in [9.17, 15) is 4.79 Å². The Morgan fingerprint density at radius 3 is 3.06 bits per heavy atom. The summed E-state index contributed by atoms with van der Waals surface area (Å²) in [5, 5.41) is 10.8. The average molecular weight is 251 g/mol. The van der Waals surface area contributed by atoms with Crippen molar-refractivity contribution in [3.05, 3.63) is 11.9 Å². The zero-order chi connectivity index (χ0) is 13.2. The summed E-state index contributed by atoms with van der Waals surface area (Å²) in [4.78, 5) is 12.0. The van der Waals surface area contributed by atoms with Gasteiger partial charge in [0.25, 0.3) is 5.91 Å². The van der Waals surface area contributed by atoms with Crippen LogP contribution in [-0.2, 0) is 6.54 Å². The van der Waals surface area contributed by atoms with Crippen LogP contribution in [0.3, 0.4) is 0 Å². The first-order valence-electron chi connectivity index (χ1n) is 6.44. The summed E-state index contributed by atoms with van der Waals surface area (Å²) in [5.74, 6) is -0.141. The maximum Gasteiger partial charge on any atom is 0.273 e. The molecule has 1 aromatic rings. The van der Waals surface area contributed by atoms with Gasteiger partial charge >= 0.3 is 0 Å². The maximum atomic E-state index is 12.0. The predicted octanol–water partition coefficient (Wildman–Crippen LogP) is 0.545. The number of carbonyl (C=O) groups excluding carboxylic acids is 1. The van der Waals surface area contributed by atoms with Gasteiger partial charge in [-0.3, -0.25) is 9.48 Å². The van der Waals surface area contributed by atoms with Gasteiger partial charge < -0.3 is 11.1 Å². The van der Waals surface area contributed by atoms with Gasteiger partial charge in [-0.2, -0.15) is 0 Å². The number of hydrogen-bond donors (Lipinski definition) is 2. The van der Waals surface area contributed by atoms with Gasteiger partial charge in [0.1, 0.15) is 0 Å². The Kier molecular flexibility index (Phi) is 3.65. The number of rotatable bonds is 4. The molecule has 2 rings (SSSR count). The highest BCUT2D eigenvalue weighted by Gasteiger charge is 2.35. The quantitative estimate of drug-likeness (QED) is 0.818. The summed E-state index contributed by atoms with van der Waals surface area (Å²) in [6.45, 7) is 5.45. The molecule has 3 N–H and O–H groups in total. The van der Waals surface area contributed by atoms with Gasteiger partial charge in [0.15, 0.2) is 5.69 Å².